The first-order valence-electron chi connectivity index (χ1n) is 4.94. The normalized spacial score (nSPS) is 10.0. The Labute approximate surface area is 117 Å². The molecule has 0 saturated carbocycles. The Kier molecular flexibility index (Phi) is 6.61. The molecule has 1 aromatic heterocycles. The van der Waals surface area contributed by atoms with Crippen molar-refractivity contribution in [2.75, 3.05) is 12.8 Å². The summed E-state index contributed by atoms with van der Waals surface area (Å²) in [6.07, 6.45) is 0.351. The number of hydrogen-bond acceptors (Lipinski definition) is 4. The van der Waals surface area contributed by atoms with Gasteiger partial charge >= 0.3 is 6.03 Å². The molecule has 0 saturated heterocycles. The van der Waals surface area contributed by atoms with E-state index in [1.807, 2.05) is 0 Å². The molecule has 2 N–H and O–H groups in total. The van der Waals surface area contributed by atoms with Crippen molar-refractivity contribution in [3.8, 4) is 0 Å². The molecule has 0 aliphatic heterocycles. The molecule has 1 rings (SSSR count). The van der Waals surface area contributed by atoms with E-state index in [-0.39, 0.29) is 5.91 Å². The Bertz CT molecular complexity index is 395. The number of thioether (sulfide) groups is 1. The van der Waals surface area contributed by atoms with Crippen molar-refractivity contribution >= 4 is 51.0 Å². The number of imide groups is 1. The Morgan fingerprint density at radius 1 is 1.53 bits per heavy atom. The molecule has 3 amide bonds. The first kappa shape index (κ1) is 14.5. The summed E-state index contributed by atoms with van der Waals surface area (Å²) in [6.45, 7) is 0. The average Bonchev–Trinajstić information content (AvgIpc) is 2.70. The third kappa shape index (κ3) is 6.09. The van der Waals surface area contributed by atoms with Crippen LogP contribution in [0.2, 0.25) is 0 Å². The van der Waals surface area contributed by atoms with Gasteiger partial charge in [0.2, 0.25) is 5.91 Å². The largest absolute Gasteiger partial charge is 0.341 e. The van der Waals surface area contributed by atoms with Crippen molar-refractivity contribution in [1.82, 2.24) is 10.6 Å². The highest BCUT2D eigenvalue weighted by Gasteiger charge is 2.05. The fourth-order valence-electron chi connectivity index (χ4n) is 1.03. The van der Waals surface area contributed by atoms with E-state index in [4.69, 9.17) is 0 Å². The van der Waals surface area contributed by atoms with Gasteiger partial charge < -0.3 is 5.32 Å². The van der Waals surface area contributed by atoms with Gasteiger partial charge in [0, 0.05) is 25.0 Å². The van der Waals surface area contributed by atoms with Crippen molar-refractivity contribution < 1.29 is 9.59 Å². The number of carbonyl (C=O) groups excluding carboxylic acids is 2. The van der Waals surface area contributed by atoms with Gasteiger partial charge in [-0.15, -0.1) is 11.3 Å². The molecule has 0 spiro atoms. The SMILES string of the molecule is CNC(=O)NC(=O)CCSCc1csc(Br)c1. The Balaban J connectivity index is 2.12. The highest BCUT2D eigenvalue weighted by atomic mass is 79.9. The van der Waals surface area contributed by atoms with Gasteiger partial charge in [0.15, 0.2) is 0 Å². The molecule has 1 heterocycles. The third-order valence-electron chi connectivity index (χ3n) is 1.84. The summed E-state index contributed by atoms with van der Waals surface area (Å²) < 4.78 is 1.12. The van der Waals surface area contributed by atoms with Gasteiger partial charge in [0.1, 0.15) is 0 Å². The van der Waals surface area contributed by atoms with E-state index in [9.17, 15) is 9.59 Å². The average molecular weight is 337 g/mol. The molecule has 17 heavy (non-hydrogen) atoms. The number of urea groups is 1. The summed E-state index contributed by atoms with van der Waals surface area (Å²) in [5.74, 6) is 1.34. The second-order valence-electron chi connectivity index (χ2n) is 3.19. The van der Waals surface area contributed by atoms with Gasteiger partial charge in [0.25, 0.3) is 0 Å². The summed E-state index contributed by atoms with van der Waals surface area (Å²) in [6, 6.07) is 1.61. The van der Waals surface area contributed by atoms with Crippen LogP contribution in [0.3, 0.4) is 0 Å². The van der Waals surface area contributed by atoms with Crippen LogP contribution >= 0.6 is 39.0 Å². The zero-order chi connectivity index (χ0) is 12.7. The lowest BCUT2D eigenvalue weighted by Crippen LogP contribution is -2.37. The van der Waals surface area contributed by atoms with Gasteiger partial charge in [-0.1, -0.05) is 0 Å². The minimum absolute atomic E-state index is 0.247. The third-order valence-corrected chi connectivity index (χ3v) is 4.43. The van der Waals surface area contributed by atoms with Crippen LogP contribution in [-0.2, 0) is 10.5 Å². The molecule has 0 radical (unpaired) electrons. The number of nitrogens with one attached hydrogen (secondary N) is 2. The molecule has 0 aromatic carbocycles. The summed E-state index contributed by atoms with van der Waals surface area (Å²) in [5, 5.41) is 6.64. The topological polar surface area (TPSA) is 58.2 Å². The van der Waals surface area contributed by atoms with Crippen molar-refractivity contribution in [2.24, 2.45) is 0 Å². The Morgan fingerprint density at radius 2 is 2.29 bits per heavy atom. The molecule has 0 atom stereocenters. The van der Waals surface area contributed by atoms with Gasteiger partial charge in [-0.2, -0.15) is 11.8 Å². The summed E-state index contributed by atoms with van der Waals surface area (Å²) >= 11 is 6.73. The van der Waals surface area contributed by atoms with Crippen LogP contribution in [0, 0.1) is 0 Å². The first-order chi connectivity index (χ1) is 8.11. The molecule has 0 aliphatic carbocycles. The maximum atomic E-state index is 11.2. The van der Waals surface area contributed by atoms with Crippen molar-refractivity contribution in [3.63, 3.8) is 0 Å². The predicted octanol–water partition coefficient (Wildman–Crippen LogP) is 2.59. The Morgan fingerprint density at radius 3 is 2.88 bits per heavy atom. The zero-order valence-electron chi connectivity index (χ0n) is 9.29. The molecule has 0 aliphatic rings. The van der Waals surface area contributed by atoms with Crippen molar-refractivity contribution in [2.45, 2.75) is 12.2 Å². The minimum atomic E-state index is -0.457. The van der Waals surface area contributed by atoms with E-state index in [1.54, 1.807) is 23.1 Å². The van der Waals surface area contributed by atoms with Gasteiger partial charge in [-0.05, 0) is 32.9 Å². The predicted molar refractivity (Wildman–Crippen MR) is 75.4 cm³/mol. The van der Waals surface area contributed by atoms with Crippen molar-refractivity contribution in [1.29, 1.82) is 0 Å². The summed E-state index contributed by atoms with van der Waals surface area (Å²) in [5.41, 5.74) is 1.25. The lowest BCUT2D eigenvalue weighted by atomic mass is 10.4. The maximum absolute atomic E-state index is 11.2. The quantitative estimate of drug-likeness (QED) is 0.812. The van der Waals surface area contributed by atoms with Crippen LogP contribution in [0.15, 0.2) is 15.2 Å². The first-order valence-corrected chi connectivity index (χ1v) is 7.76. The van der Waals surface area contributed by atoms with E-state index in [0.29, 0.717) is 12.2 Å². The van der Waals surface area contributed by atoms with E-state index in [1.165, 1.54) is 12.6 Å². The maximum Gasteiger partial charge on any atom is 0.321 e. The van der Waals surface area contributed by atoms with Crippen molar-refractivity contribution in [3.05, 3.63) is 20.8 Å². The van der Waals surface area contributed by atoms with Crippen LogP contribution in [0.4, 0.5) is 4.79 Å². The Hall–Kier alpha value is -0.530. The summed E-state index contributed by atoms with van der Waals surface area (Å²) in [4.78, 5) is 22.1. The highest BCUT2D eigenvalue weighted by Crippen LogP contribution is 2.23. The number of amides is 3. The monoisotopic (exact) mass is 336 g/mol. The molecular formula is C10H13BrN2O2S2. The summed E-state index contributed by atoms with van der Waals surface area (Å²) in [7, 11) is 1.48. The fraction of sp³-hybridized carbons (Fsp3) is 0.400. The van der Waals surface area contributed by atoms with Crippen LogP contribution in [0.5, 0.6) is 0 Å². The second kappa shape index (κ2) is 7.73. The molecular weight excluding hydrogens is 324 g/mol. The van der Waals surface area contributed by atoms with Gasteiger partial charge in [0.05, 0.1) is 3.79 Å². The zero-order valence-corrected chi connectivity index (χ0v) is 12.5. The van der Waals surface area contributed by atoms with Crippen LogP contribution in [0.1, 0.15) is 12.0 Å². The standard InChI is InChI=1S/C10H13BrN2O2S2/c1-12-10(15)13-9(14)2-3-16-5-7-4-8(11)17-6-7/h4,6H,2-3,5H2,1H3,(H2,12,13,14,15). The molecule has 0 bridgehead atoms. The van der Waals surface area contributed by atoms with E-state index in [2.05, 4.69) is 38.0 Å². The molecule has 0 unspecified atom stereocenters. The lowest BCUT2D eigenvalue weighted by molar-refractivity contribution is -0.119. The number of rotatable bonds is 5. The molecule has 7 heteroatoms. The van der Waals surface area contributed by atoms with E-state index >= 15 is 0 Å². The smallest absolute Gasteiger partial charge is 0.321 e. The second-order valence-corrected chi connectivity index (χ2v) is 6.58. The van der Waals surface area contributed by atoms with Crippen LogP contribution in [0.25, 0.3) is 0 Å². The number of hydrogen-bond donors (Lipinski definition) is 2. The fourth-order valence-corrected chi connectivity index (χ4v) is 3.22. The van der Waals surface area contributed by atoms with E-state index in [0.717, 1.165) is 9.54 Å². The van der Waals surface area contributed by atoms with E-state index < -0.39 is 6.03 Å². The van der Waals surface area contributed by atoms with Gasteiger partial charge in [-0.3, -0.25) is 10.1 Å². The molecule has 4 nitrogen and oxygen atoms in total. The molecule has 0 fully saturated rings. The number of thiophene rings is 1. The highest BCUT2D eigenvalue weighted by molar-refractivity contribution is 9.11. The molecule has 94 valence electrons. The van der Waals surface area contributed by atoms with Crippen LogP contribution in [-0.4, -0.2) is 24.7 Å². The lowest BCUT2D eigenvalue weighted by Gasteiger charge is -2.02. The van der Waals surface area contributed by atoms with Gasteiger partial charge in [-0.25, -0.2) is 4.79 Å². The minimum Gasteiger partial charge on any atom is -0.341 e. The number of halogens is 1. The molecule has 1 aromatic rings. The van der Waals surface area contributed by atoms with Crippen LogP contribution < -0.4 is 10.6 Å². The number of carbonyl (C=O) groups is 2.